The Morgan fingerprint density at radius 1 is 1.10 bits per heavy atom. The van der Waals surface area contributed by atoms with Crippen molar-refractivity contribution >= 4 is 23.5 Å². The topological polar surface area (TPSA) is 22.1 Å². The fraction of sp³-hybridized carbons (Fsp3) is 0.500. The van der Waals surface area contributed by atoms with Gasteiger partial charge in [0.25, 0.3) is 0 Å². The Morgan fingerprint density at radius 3 is 2.52 bits per heavy atom. The van der Waals surface area contributed by atoms with E-state index in [-0.39, 0.29) is 5.41 Å². The van der Waals surface area contributed by atoms with Crippen LogP contribution in [0.3, 0.4) is 0 Å². The summed E-state index contributed by atoms with van der Waals surface area (Å²) in [6.45, 7) is 5.19. The molecule has 0 saturated carbocycles. The van der Waals surface area contributed by atoms with Crippen LogP contribution < -0.4 is 4.74 Å². The number of ether oxygens (including phenoxy) is 1. The summed E-state index contributed by atoms with van der Waals surface area (Å²) < 4.78 is 6.19. The highest BCUT2D eigenvalue weighted by Crippen LogP contribution is 2.33. The molecule has 2 aromatic rings. The zero-order valence-electron chi connectivity index (χ0n) is 13.0. The van der Waals surface area contributed by atoms with Crippen molar-refractivity contribution in [2.45, 2.75) is 39.5 Å². The molecule has 0 spiro atoms. The molecule has 0 amide bonds. The standard InChI is InChI=1S/C18H25NOS/c1-3-10-18(14-21,11-4-2)13-20-17-9-5-8-16-15(17)7-6-12-19-16/h5-9,12,21H,3-4,10-11,13-14H2,1-2H3. The van der Waals surface area contributed by atoms with Crippen molar-refractivity contribution in [3.05, 3.63) is 36.5 Å². The molecule has 21 heavy (non-hydrogen) atoms. The maximum absolute atomic E-state index is 6.19. The zero-order chi connectivity index (χ0) is 15.1. The number of aromatic nitrogens is 1. The first-order chi connectivity index (χ1) is 10.2. The first-order valence-corrected chi connectivity index (χ1v) is 8.45. The molecule has 3 heteroatoms. The Kier molecular flexibility index (Phi) is 5.92. The van der Waals surface area contributed by atoms with Gasteiger partial charge in [-0.2, -0.15) is 12.6 Å². The van der Waals surface area contributed by atoms with Gasteiger partial charge in [-0.1, -0.05) is 32.8 Å². The van der Waals surface area contributed by atoms with Gasteiger partial charge in [-0.15, -0.1) is 0 Å². The van der Waals surface area contributed by atoms with Gasteiger partial charge in [-0.25, -0.2) is 0 Å². The lowest BCUT2D eigenvalue weighted by Gasteiger charge is -2.32. The number of fused-ring (bicyclic) bond motifs is 1. The fourth-order valence-corrected chi connectivity index (χ4v) is 3.37. The molecule has 2 rings (SSSR count). The molecule has 0 saturated heterocycles. The second-order valence-electron chi connectivity index (χ2n) is 5.77. The zero-order valence-corrected chi connectivity index (χ0v) is 13.9. The monoisotopic (exact) mass is 303 g/mol. The van der Waals surface area contributed by atoms with Gasteiger partial charge in [-0.05, 0) is 42.9 Å². The first-order valence-electron chi connectivity index (χ1n) is 7.82. The van der Waals surface area contributed by atoms with Crippen LogP contribution in [-0.4, -0.2) is 17.3 Å². The van der Waals surface area contributed by atoms with E-state index in [2.05, 4.69) is 37.5 Å². The van der Waals surface area contributed by atoms with E-state index in [0.717, 1.165) is 41.9 Å². The molecule has 0 bridgehead atoms. The highest BCUT2D eigenvalue weighted by molar-refractivity contribution is 7.80. The number of rotatable bonds is 8. The van der Waals surface area contributed by atoms with E-state index in [4.69, 9.17) is 4.74 Å². The van der Waals surface area contributed by atoms with Crippen molar-refractivity contribution in [3.63, 3.8) is 0 Å². The molecule has 0 aliphatic rings. The summed E-state index contributed by atoms with van der Waals surface area (Å²) in [6, 6.07) is 10.1. The fourth-order valence-electron chi connectivity index (χ4n) is 2.97. The van der Waals surface area contributed by atoms with Crippen LogP contribution in [0.1, 0.15) is 39.5 Å². The van der Waals surface area contributed by atoms with Gasteiger partial charge < -0.3 is 4.74 Å². The summed E-state index contributed by atoms with van der Waals surface area (Å²) in [6.07, 6.45) is 6.47. The largest absolute Gasteiger partial charge is 0.492 e. The molecule has 0 N–H and O–H groups in total. The van der Waals surface area contributed by atoms with E-state index < -0.39 is 0 Å². The van der Waals surface area contributed by atoms with Crippen LogP contribution in [0.25, 0.3) is 10.9 Å². The molecule has 2 nitrogen and oxygen atoms in total. The van der Waals surface area contributed by atoms with E-state index in [1.807, 2.05) is 30.5 Å². The third kappa shape index (κ3) is 3.91. The summed E-state index contributed by atoms with van der Waals surface area (Å²) in [7, 11) is 0. The van der Waals surface area contributed by atoms with Gasteiger partial charge in [0.15, 0.2) is 0 Å². The third-order valence-corrected chi connectivity index (χ3v) is 4.71. The third-order valence-electron chi connectivity index (χ3n) is 4.04. The van der Waals surface area contributed by atoms with Gasteiger partial charge in [0.1, 0.15) is 5.75 Å². The van der Waals surface area contributed by atoms with Crippen molar-refractivity contribution in [2.75, 3.05) is 12.4 Å². The molecule has 0 aliphatic heterocycles. The molecule has 0 radical (unpaired) electrons. The minimum Gasteiger partial charge on any atom is -0.492 e. The van der Waals surface area contributed by atoms with Gasteiger partial charge in [0.2, 0.25) is 0 Å². The molecular formula is C18H25NOS. The smallest absolute Gasteiger partial charge is 0.128 e. The molecule has 0 unspecified atom stereocenters. The van der Waals surface area contributed by atoms with Crippen LogP contribution in [-0.2, 0) is 0 Å². The van der Waals surface area contributed by atoms with Crippen LogP contribution in [0, 0.1) is 5.41 Å². The molecule has 0 aliphatic carbocycles. The van der Waals surface area contributed by atoms with Crippen molar-refractivity contribution in [1.29, 1.82) is 0 Å². The molecule has 1 aromatic carbocycles. The number of benzene rings is 1. The Balaban J connectivity index is 2.19. The van der Waals surface area contributed by atoms with Crippen molar-refractivity contribution in [2.24, 2.45) is 5.41 Å². The molecule has 1 aromatic heterocycles. The SMILES string of the molecule is CCCC(CS)(CCC)COc1cccc2ncccc12. The molecular weight excluding hydrogens is 278 g/mol. The highest BCUT2D eigenvalue weighted by atomic mass is 32.1. The predicted molar refractivity (Wildman–Crippen MR) is 93.3 cm³/mol. The molecule has 0 atom stereocenters. The minimum atomic E-state index is 0.178. The Bertz CT molecular complexity index is 559. The van der Waals surface area contributed by atoms with Gasteiger partial charge in [0.05, 0.1) is 12.1 Å². The Labute approximate surface area is 133 Å². The number of hydrogen-bond donors (Lipinski definition) is 1. The minimum absolute atomic E-state index is 0.178. The normalized spacial score (nSPS) is 11.8. The second-order valence-corrected chi connectivity index (χ2v) is 6.09. The predicted octanol–water partition coefficient (Wildman–Crippen LogP) is 5.13. The van der Waals surface area contributed by atoms with Gasteiger partial charge in [-0.3, -0.25) is 4.98 Å². The summed E-state index contributed by atoms with van der Waals surface area (Å²) in [5.74, 6) is 1.80. The second kappa shape index (κ2) is 7.69. The molecule has 0 fully saturated rings. The van der Waals surface area contributed by atoms with Crippen molar-refractivity contribution < 1.29 is 4.74 Å². The van der Waals surface area contributed by atoms with Gasteiger partial charge >= 0.3 is 0 Å². The summed E-state index contributed by atoms with van der Waals surface area (Å²) in [4.78, 5) is 4.38. The quantitative estimate of drug-likeness (QED) is 0.683. The molecule has 114 valence electrons. The van der Waals surface area contributed by atoms with Crippen molar-refractivity contribution in [1.82, 2.24) is 4.98 Å². The average molecular weight is 303 g/mol. The van der Waals surface area contributed by atoms with Gasteiger partial charge in [0, 0.05) is 17.0 Å². The Morgan fingerprint density at radius 2 is 1.86 bits per heavy atom. The summed E-state index contributed by atoms with van der Waals surface area (Å²) in [5, 5.41) is 1.08. The molecule has 1 heterocycles. The van der Waals surface area contributed by atoms with E-state index in [1.165, 1.54) is 12.8 Å². The number of hydrogen-bond acceptors (Lipinski definition) is 3. The van der Waals surface area contributed by atoms with Crippen LogP contribution in [0.2, 0.25) is 0 Å². The Hall–Kier alpha value is -1.22. The summed E-state index contributed by atoms with van der Waals surface area (Å²) >= 11 is 4.60. The van der Waals surface area contributed by atoms with Crippen molar-refractivity contribution in [3.8, 4) is 5.75 Å². The van der Waals surface area contributed by atoms with E-state index in [9.17, 15) is 0 Å². The van der Waals surface area contributed by atoms with E-state index in [0.29, 0.717) is 0 Å². The lowest BCUT2D eigenvalue weighted by atomic mass is 9.82. The van der Waals surface area contributed by atoms with E-state index >= 15 is 0 Å². The highest BCUT2D eigenvalue weighted by Gasteiger charge is 2.28. The maximum Gasteiger partial charge on any atom is 0.128 e. The van der Waals surface area contributed by atoms with Crippen LogP contribution in [0.5, 0.6) is 5.75 Å². The van der Waals surface area contributed by atoms with E-state index in [1.54, 1.807) is 0 Å². The number of pyridine rings is 1. The van der Waals surface area contributed by atoms with Crippen LogP contribution >= 0.6 is 12.6 Å². The van der Waals surface area contributed by atoms with Crippen LogP contribution in [0.4, 0.5) is 0 Å². The van der Waals surface area contributed by atoms with Crippen LogP contribution in [0.15, 0.2) is 36.5 Å². The number of nitrogens with zero attached hydrogens (tertiary/aromatic N) is 1. The maximum atomic E-state index is 6.19. The summed E-state index contributed by atoms with van der Waals surface area (Å²) in [5.41, 5.74) is 1.16. The number of thiol groups is 1. The lowest BCUT2D eigenvalue weighted by molar-refractivity contribution is 0.145. The lowest BCUT2D eigenvalue weighted by Crippen LogP contribution is -2.30. The average Bonchev–Trinajstić information content (AvgIpc) is 2.53. The first kappa shape index (κ1) is 16.2.